The molecule has 1 aliphatic heterocycles. The number of hydrogen-bond donors (Lipinski definition) is 2. The standard InChI is InChI=1S/C27H33F3N2O4/c1-18(16-19-8-11-21(12-9-19)36-26(2,3)25(34)35)31-24(33)22-17-20(27(28,29)30)10-13-23(22)32-14-6-4-5-7-15-32/h8-13,17-18H,4-7,14-16H2,1-3H3,(H,31,33)(H,34,35). The van der Waals surface area contributed by atoms with Gasteiger partial charge in [0.1, 0.15) is 5.75 Å². The van der Waals surface area contributed by atoms with Crippen molar-refractivity contribution >= 4 is 17.6 Å². The minimum Gasteiger partial charge on any atom is -0.478 e. The molecule has 0 spiro atoms. The molecule has 1 atom stereocenters. The Balaban J connectivity index is 1.73. The van der Waals surface area contributed by atoms with Gasteiger partial charge in [-0.05, 0) is 75.9 Å². The summed E-state index contributed by atoms with van der Waals surface area (Å²) in [4.78, 5) is 26.4. The second-order valence-electron chi connectivity index (χ2n) is 9.77. The molecule has 0 aromatic heterocycles. The molecule has 1 aliphatic rings. The Kier molecular flexibility index (Phi) is 8.53. The molecule has 1 saturated heterocycles. The second kappa shape index (κ2) is 11.2. The van der Waals surface area contributed by atoms with Crippen LogP contribution in [0.25, 0.3) is 0 Å². The summed E-state index contributed by atoms with van der Waals surface area (Å²) in [6.07, 6.45) is -0.117. The van der Waals surface area contributed by atoms with Crippen LogP contribution in [0, 0.1) is 0 Å². The van der Waals surface area contributed by atoms with E-state index < -0.39 is 29.2 Å². The van der Waals surface area contributed by atoms with Crippen molar-refractivity contribution in [3.05, 3.63) is 59.2 Å². The van der Waals surface area contributed by atoms with Gasteiger partial charge in [-0.15, -0.1) is 0 Å². The Morgan fingerprint density at radius 3 is 2.19 bits per heavy atom. The average Bonchev–Trinajstić information content (AvgIpc) is 3.08. The third-order valence-electron chi connectivity index (χ3n) is 6.25. The molecule has 36 heavy (non-hydrogen) atoms. The first-order valence-corrected chi connectivity index (χ1v) is 12.2. The third kappa shape index (κ3) is 7.15. The van der Waals surface area contributed by atoms with Crippen molar-refractivity contribution in [2.24, 2.45) is 0 Å². The fraction of sp³-hybridized carbons (Fsp3) is 0.481. The topological polar surface area (TPSA) is 78.9 Å². The highest BCUT2D eigenvalue weighted by Crippen LogP contribution is 2.34. The molecule has 1 fully saturated rings. The summed E-state index contributed by atoms with van der Waals surface area (Å²) >= 11 is 0. The van der Waals surface area contributed by atoms with Crippen LogP contribution in [0.1, 0.15) is 67.9 Å². The molecule has 0 saturated carbocycles. The number of nitrogens with zero attached hydrogens (tertiary/aromatic N) is 1. The number of aliphatic carboxylic acids is 1. The predicted molar refractivity (Wildman–Crippen MR) is 132 cm³/mol. The normalized spacial score (nSPS) is 15.7. The third-order valence-corrected chi connectivity index (χ3v) is 6.25. The van der Waals surface area contributed by atoms with Crippen molar-refractivity contribution in [2.45, 2.75) is 70.7 Å². The van der Waals surface area contributed by atoms with E-state index in [0.717, 1.165) is 43.4 Å². The molecule has 2 N–H and O–H groups in total. The minimum atomic E-state index is -4.54. The van der Waals surface area contributed by atoms with E-state index in [1.54, 1.807) is 31.2 Å². The van der Waals surface area contributed by atoms with Gasteiger partial charge in [0.05, 0.1) is 11.1 Å². The molecule has 1 heterocycles. The van der Waals surface area contributed by atoms with Crippen LogP contribution in [0.4, 0.5) is 18.9 Å². The Morgan fingerprint density at radius 1 is 1.03 bits per heavy atom. The molecule has 9 heteroatoms. The maximum absolute atomic E-state index is 13.4. The zero-order valence-electron chi connectivity index (χ0n) is 20.8. The lowest BCUT2D eigenvalue weighted by molar-refractivity contribution is -0.152. The molecular weight excluding hydrogens is 473 g/mol. The van der Waals surface area contributed by atoms with E-state index in [4.69, 9.17) is 4.74 Å². The Morgan fingerprint density at radius 2 is 1.64 bits per heavy atom. The van der Waals surface area contributed by atoms with E-state index in [-0.39, 0.29) is 11.6 Å². The summed E-state index contributed by atoms with van der Waals surface area (Å²) in [5.74, 6) is -1.23. The first kappa shape index (κ1) is 27.4. The molecule has 196 valence electrons. The van der Waals surface area contributed by atoms with Gasteiger partial charge in [-0.25, -0.2) is 4.79 Å². The maximum atomic E-state index is 13.4. The van der Waals surface area contributed by atoms with Gasteiger partial charge in [0.25, 0.3) is 5.91 Å². The van der Waals surface area contributed by atoms with E-state index >= 15 is 0 Å². The lowest BCUT2D eigenvalue weighted by Crippen LogP contribution is -2.37. The van der Waals surface area contributed by atoms with Crippen LogP contribution in [-0.2, 0) is 17.4 Å². The summed E-state index contributed by atoms with van der Waals surface area (Å²) < 4.78 is 45.7. The highest BCUT2D eigenvalue weighted by molar-refractivity contribution is 6.00. The number of hydrogen-bond acceptors (Lipinski definition) is 4. The van der Waals surface area contributed by atoms with Crippen LogP contribution < -0.4 is 15.0 Å². The SMILES string of the molecule is CC(Cc1ccc(OC(C)(C)C(=O)O)cc1)NC(=O)c1cc(C(F)(F)F)ccc1N1CCCCCC1. The van der Waals surface area contributed by atoms with Gasteiger partial charge in [-0.2, -0.15) is 13.2 Å². The molecule has 0 radical (unpaired) electrons. The van der Waals surface area contributed by atoms with Crippen LogP contribution >= 0.6 is 0 Å². The van der Waals surface area contributed by atoms with Gasteiger partial charge < -0.3 is 20.1 Å². The largest absolute Gasteiger partial charge is 0.478 e. The van der Waals surface area contributed by atoms with Crippen molar-refractivity contribution in [3.8, 4) is 5.75 Å². The van der Waals surface area contributed by atoms with E-state index in [1.165, 1.54) is 19.9 Å². The zero-order chi connectivity index (χ0) is 26.5. The number of nitrogens with one attached hydrogen (secondary N) is 1. The van der Waals surface area contributed by atoms with Crippen LogP contribution in [0.3, 0.4) is 0 Å². The Bertz CT molecular complexity index is 1060. The average molecular weight is 507 g/mol. The number of anilines is 1. The Hall–Kier alpha value is -3.23. The van der Waals surface area contributed by atoms with Gasteiger partial charge in [-0.3, -0.25) is 4.79 Å². The number of amides is 1. The van der Waals surface area contributed by atoms with Crippen LogP contribution in [0.2, 0.25) is 0 Å². The highest BCUT2D eigenvalue weighted by atomic mass is 19.4. The molecule has 1 unspecified atom stereocenters. The summed E-state index contributed by atoms with van der Waals surface area (Å²) in [6.45, 7) is 6.10. The smallest absolute Gasteiger partial charge is 0.416 e. The molecule has 0 bridgehead atoms. The van der Waals surface area contributed by atoms with Crippen molar-refractivity contribution in [2.75, 3.05) is 18.0 Å². The number of carbonyl (C=O) groups excluding carboxylic acids is 1. The van der Waals surface area contributed by atoms with Crippen LogP contribution in [0.15, 0.2) is 42.5 Å². The van der Waals surface area contributed by atoms with Gasteiger partial charge in [-0.1, -0.05) is 25.0 Å². The number of carboxylic acid groups (broad SMARTS) is 1. The first-order chi connectivity index (χ1) is 16.9. The van der Waals surface area contributed by atoms with Gasteiger partial charge >= 0.3 is 12.1 Å². The minimum absolute atomic E-state index is 0.0261. The molecule has 6 nitrogen and oxygen atoms in total. The molecule has 1 amide bonds. The number of carboxylic acids is 1. The molecular formula is C27H33F3N2O4. The lowest BCUT2D eigenvalue weighted by atomic mass is 10.0. The van der Waals surface area contributed by atoms with Crippen molar-refractivity contribution < 1.29 is 32.6 Å². The number of alkyl halides is 3. The fourth-order valence-corrected chi connectivity index (χ4v) is 4.22. The van der Waals surface area contributed by atoms with E-state index in [1.807, 2.05) is 4.90 Å². The van der Waals surface area contributed by atoms with Gasteiger partial charge in [0.15, 0.2) is 5.60 Å². The zero-order valence-corrected chi connectivity index (χ0v) is 20.8. The molecule has 2 aromatic carbocycles. The summed E-state index contributed by atoms with van der Waals surface area (Å²) in [7, 11) is 0. The number of ether oxygens (including phenoxy) is 1. The lowest BCUT2D eigenvalue weighted by Gasteiger charge is -2.26. The summed E-state index contributed by atoms with van der Waals surface area (Å²) in [6, 6.07) is 9.87. The van der Waals surface area contributed by atoms with E-state index in [9.17, 15) is 27.9 Å². The second-order valence-corrected chi connectivity index (χ2v) is 9.77. The number of halogens is 3. The predicted octanol–water partition coefficient (Wildman–Crippen LogP) is 5.69. The Labute approximate surface area is 209 Å². The number of carbonyl (C=O) groups is 2. The maximum Gasteiger partial charge on any atom is 0.416 e. The molecule has 2 aromatic rings. The number of rotatable bonds is 8. The highest BCUT2D eigenvalue weighted by Gasteiger charge is 2.33. The van der Waals surface area contributed by atoms with Gasteiger partial charge in [0, 0.05) is 24.8 Å². The number of benzene rings is 2. The fourth-order valence-electron chi connectivity index (χ4n) is 4.22. The summed E-state index contributed by atoms with van der Waals surface area (Å²) in [5, 5.41) is 12.0. The van der Waals surface area contributed by atoms with Crippen molar-refractivity contribution in [1.82, 2.24) is 5.32 Å². The summed E-state index contributed by atoms with van der Waals surface area (Å²) in [5.41, 5.74) is -0.812. The van der Waals surface area contributed by atoms with E-state index in [2.05, 4.69) is 5.32 Å². The molecule has 0 aliphatic carbocycles. The monoisotopic (exact) mass is 506 g/mol. The van der Waals surface area contributed by atoms with Crippen LogP contribution in [0.5, 0.6) is 5.75 Å². The van der Waals surface area contributed by atoms with Gasteiger partial charge in [0.2, 0.25) is 0 Å². The quantitative estimate of drug-likeness (QED) is 0.481. The van der Waals surface area contributed by atoms with Crippen molar-refractivity contribution in [3.63, 3.8) is 0 Å². The van der Waals surface area contributed by atoms with Crippen LogP contribution in [-0.4, -0.2) is 41.7 Å². The first-order valence-electron chi connectivity index (χ1n) is 12.2. The van der Waals surface area contributed by atoms with Crippen molar-refractivity contribution in [1.29, 1.82) is 0 Å². The van der Waals surface area contributed by atoms with E-state index in [0.29, 0.717) is 30.9 Å². The molecule has 3 rings (SSSR count).